The highest BCUT2D eigenvalue weighted by Gasteiger charge is 2.38. The summed E-state index contributed by atoms with van der Waals surface area (Å²) in [7, 11) is 0. The van der Waals surface area contributed by atoms with Gasteiger partial charge in [0.05, 0.1) is 0 Å². The molecule has 0 radical (unpaired) electrons. The number of halogens is 3. The van der Waals surface area contributed by atoms with Gasteiger partial charge >= 0.3 is 6.18 Å². The molecule has 0 bridgehead atoms. The second-order valence-corrected chi connectivity index (χ2v) is 5.13. The van der Waals surface area contributed by atoms with Crippen LogP contribution in [0.3, 0.4) is 0 Å². The van der Waals surface area contributed by atoms with Crippen LogP contribution in [0.1, 0.15) is 24.0 Å². The van der Waals surface area contributed by atoms with Gasteiger partial charge in [-0.2, -0.15) is 13.2 Å². The van der Waals surface area contributed by atoms with E-state index in [1.807, 2.05) is 19.1 Å². The molecule has 2 N–H and O–H groups in total. The maximum atomic E-state index is 12.7. The molecule has 1 aliphatic rings. The van der Waals surface area contributed by atoms with Gasteiger partial charge in [0.2, 0.25) is 0 Å². The lowest BCUT2D eigenvalue weighted by Crippen LogP contribution is -2.36. The molecule has 0 spiro atoms. The molecule has 1 aromatic carbocycles. The molecule has 0 aliphatic heterocycles. The maximum absolute atomic E-state index is 12.7. The van der Waals surface area contributed by atoms with E-state index in [1.54, 1.807) is 6.07 Å². The van der Waals surface area contributed by atoms with E-state index >= 15 is 0 Å². The molecular weight excluding hydrogens is 253 g/mol. The lowest BCUT2D eigenvalue weighted by Gasteiger charge is -2.27. The number of benzene rings is 1. The van der Waals surface area contributed by atoms with E-state index in [-0.39, 0.29) is 6.04 Å². The molecule has 19 heavy (non-hydrogen) atoms. The van der Waals surface area contributed by atoms with Crippen molar-refractivity contribution in [3.8, 4) is 0 Å². The van der Waals surface area contributed by atoms with Crippen molar-refractivity contribution in [2.24, 2.45) is 5.73 Å². The lowest BCUT2D eigenvalue weighted by molar-refractivity contribution is -0.120. The predicted molar refractivity (Wildman–Crippen MR) is 70.4 cm³/mol. The van der Waals surface area contributed by atoms with Gasteiger partial charge in [0, 0.05) is 11.7 Å². The summed E-state index contributed by atoms with van der Waals surface area (Å²) in [5.41, 5.74) is 8.15. The first-order chi connectivity index (χ1) is 8.90. The molecular formula is C14H19F3N2. The molecule has 1 aromatic rings. The van der Waals surface area contributed by atoms with Gasteiger partial charge in [-0.3, -0.25) is 0 Å². The standard InChI is InChI=1S/C14H19F3N2/c1-10-8-11(6-7-18)2-5-13(10)19(12-3-4-12)9-14(15,16)17/h2,5,8,12H,3-4,6-7,9,18H2,1H3. The Bertz CT molecular complexity index is 439. The summed E-state index contributed by atoms with van der Waals surface area (Å²) in [5.74, 6) is 0. The van der Waals surface area contributed by atoms with Gasteiger partial charge in [-0.1, -0.05) is 12.1 Å². The number of nitrogens with zero attached hydrogens (tertiary/aromatic N) is 1. The van der Waals surface area contributed by atoms with E-state index in [4.69, 9.17) is 5.73 Å². The molecule has 1 saturated carbocycles. The number of aryl methyl sites for hydroxylation is 1. The molecule has 0 heterocycles. The molecule has 0 unspecified atom stereocenters. The van der Waals surface area contributed by atoms with Crippen LogP contribution in [0.2, 0.25) is 0 Å². The van der Waals surface area contributed by atoms with Crippen LogP contribution in [0.15, 0.2) is 18.2 Å². The third-order valence-corrected chi connectivity index (χ3v) is 3.34. The Morgan fingerprint density at radius 3 is 2.47 bits per heavy atom. The van der Waals surface area contributed by atoms with Crippen molar-refractivity contribution in [3.63, 3.8) is 0 Å². The zero-order valence-electron chi connectivity index (χ0n) is 11.0. The van der Waals surface area contributed by atoms with Crippen LogP contribution in [-0.2, 0) is 6.42 Å². The van der Waals surface area contributed by atoms with Gasteiger partial charge in [0.25, 0.3) is 0 Å². The van der Waals surface area contributed by atoms with Crippen molar-refractivity contribution in [3.05, 3.63) is 29.3 Å². The van der Waals surface area contributed by atoms with Crippen LogP contribution in [0, 0.1) is 6.92 Å². The van der Waals surface area contributed by atoms with Gasteiger partial charge in [0.15, 0.2) is 0 Å². The zero-order valence-corrected chi connectivity index (χ0v) is 11.0. The highest BCUT2D eigenvalue weighted by Crippen LogP contribution is 2.36. The quantitative estimate of drug-likeness (QED) is 0.892. The Morgan fingerprint density at radius 1 is 1.32 bits per heavy atom. The number of rotatable bonds is 5. The van der Waals surface area contributed by atoms with Crippen molar-refractivity contribution in [2.75, 3.05) is 18.0 Å². The topological polar surface area (TPSA) is 29.3 Å². The Balaban J connectivity index is 2.21. The Labute approximate surface area is 111 Å². The fourth-order valence-electron chi connectivity index (χ4n) is 2.35. The molecule has 2 rings (SSSR count). The summed E-state index contributed by atoms with van der Waals surface area (Å²) in [5, 5.41) is 0. The minimum atomic E-state index is -4.16. The van der Waals surface area contributed by atoms with E-state index in [0.717, 1.165) is 30.4 Å². The monoisotopic (exact) mass is 272 g/mol. The van der Waals surface area contributed by atoms with Crippen molar-refractivity contribution >= 4 is 5.69 Å². The molecule has 2 nitrogen and oxygen atoms in total. The van der Waals surface area contributed by atoms with Crippen LogP contribution >= 0.6 is 0 Å². The Kier molecular flexibility index (Phi) is 4.04. The third-order valence-electron chi connectivity index (χ3n) is 3.34. The van der Waals surface area contributed by atoms with Crippen molar-refractivity contribution in [2.45, 2.75) is 38.4 Å². The van der Waals surface area contributed by atoms with Gasteiger partial charge < -0.3 is 10.6 Å². The molecule has 5 heteroatoms. The Hall–Kier alpha value is -1.23. The van der Waals surface area contributed by atoms with E-state index in [0.29, 0.717) is 12.2 Å². The van der Waals surface area contributed by atoms with Crippen molar-refractivity contribution < 1.29 is 13.2 Å². The van der Waals surface area contributed by atoms with Crippen LogP contribution in [-0.4, -0.2) is 25.3 Å². The zero-order chi connectivity index (χ0) is 14.0. The number of hydrogen-bond donors (Lipinski definition) is 1. The number of hydrogen-bond acceptors (Lipinski definition) is 2. The first-order valence-corrected chi connectivity index (χ1v) is 6.53. The predicted octanol–water partition coefficient (Wildman–Crippen LogP) is 3.03. The molecule has 106 valence electrons. The van der Waals surface area contributed by atoms with Crippen LogP contribution in [0.5, 0.6) is 0 Å². The van der Waals surface area contributed by atoms with E-state index in [2.05, 4.69) is 0 Å². The highest BCUT2D eigenvalue weighted by molar-refractivity contribution is 5.56. The van der Waals surface area contributed by atoms with E-state index in [9.17, 15) is 13.2 Å². The maximum Gasteiger partial charge on any atom is 0.405 e. The normalized spacial score (nSPS) is 15.6. The molecule has 0 atom stereocenters. The lowest BCUT2D eigenvalue weighted by atomic mass is 10.1. The fraction of sp³-hybridized carbons (Fsp3) is 0.571. The summed E-state index contributed by atoms with van der Waals surface area (Å²) >= 11 is 0. The molecule has 1 fully saturated rings. The van der Waals surface area contributed by atoms with Crippen LogP contribution < -0.4 is 10.6 Å². The summed E-state index contributed by atoms with van der Waals surface area (Å²) < 4.78 is 38.0. The van der Waals surface area contributed by atoms with Gasteiger partial charge in [-0.25, -0.2) is 0 Å². The minimum Gasteiger partial charge on any atom is -0.359 e. The number of alkyl halides is 3. The largest absolute Gasteiger partial charge is 0.405 e. The molecule has 1 aliphatic carbocycles. The van der Waals surface area contributed by atoms with Gasteiger partial charge in [0.1, 0.15) is 6.54 Å². The average Bonchev–Trinajstić information content (AvgIpc) is 3.09. The van der Waals surface area contributed by atoms with Crippen LogP contribution in [0.25, 0.3) is 0 Å². The fourth-order valence-corrected chi connectivity index (χ4v) is 2.35. The smallest absolute Gasteiger partial charge is 0.359 e. The third kappa shape index (κ3) is 3.86. The van der Waals surface area contributed by atoms with E-state index in [1.165, 1.54) is 4.90 Å². The second kappa shape index (κ2) is 5.41. The molecule has 0 saturated heterocycles. The Morgan fingerprint density at radius 2 is 2.00 bits per heavy atom. The summed E-state index contributed by atoms with van der Waals surface area (Å²) in [6.07, 6.45) is -1.71. The summed E-state index contributed by atoms with van der Waals surface area (Å²) in [6.45, 7) is 1.55. The summed E-state index contributed by atoms with van der Waals surface area (Å²) in [4.78, 5) is 1.49. The summed E-state index contributed by atoms with van der Waals surface area (Å²) in [6, 6.07) is 5.65. The second-order valence-electron chi connectivity index (χ2n) is 5.13. The highest BCUT2D eigenvalue weighted by atomic mass is 19.4. The van der Waals surface area contributed by atoms with Crippen molar-refractivity contribution in [1.82, 2.24) is 0 Å². The van der Waals surface area contributed by atoms with Crippen molar-refractivity contribution in [1.29, 1.82) is 0 Å². The first-order valence-electron chi connectivity index (χ1n) is 6.53. The van der Waals surface area contributed by atoms with Gasteiger partial charge in [-0.15, -0.1) is 0 Å². The number of anilines is 1. The number of nitrogens with two attached hydrogens (primary N) is 1. The van der Waals surface area contributed by atoms with Gasteiger partial charge in [-0.05, 0) is 49.9 Å². The minimum absolute atomic E-state index is 0.0423. The first kappa shape index (κ1) is 14.2. The van der Waals surface area contributed by atoms with Crippen LogP contribution in [0.4, 0.5) is 18.9 Å². The van der Waals surface area contributed by atoms with E-state index < -0.39 is 12.7 Å². The average molecular weight is 272 g/mol. The SMILES string of the molecule is Cc1cc(CCN)ccc1N(CC(F)(F)F)C1CC1. The molecule has 0 aromatic heterocycles. The molecule has 0 amide bonds.